The van der Waals surface area contributed by atoms with Gasteiger partial charge in [-0.05, 0) is 30.3 Å². The number of carbonyl (C=O) groups excluding carboxylic acids is 1. The van der Waals surface area contributed by atoms with Crippen LogP contribution in [0, 0.1) is 5.82 Å². The minimum absolute atomic E-state index is 0.0333. The largest absolute Gasteiger partial charge is 0.497 e. The number of nitrogens with one attached hydrogen (secondary N) is 1. The third-order valence-electron chi connectivity index (χ3n) is 3.75. The van der Waals surface area contributed by atoms with Gasteiger partial charge in [0.15, 0.2) is 5.82 Å². The lowest BCUT2D eigenvalue weighted by Crippen LogP contribution is -2.16. The van der Waals surface area contributed by atoms with Crippen LogP contribution in [-0.4, -0.2) is 40.8 Å². The molecule has 0 atom stereocenters. The minimum atomic E-state index is -0.426. The maximum absolute atomic E-state index is 13.2. The van der Waals surface area contributed by atoms with Crippen molar-refractivity contribution >= 4 is 23.4 Å². The first-order chi connectivity index (χ1) is 13.5. The van der Waals surface area contributed by atoms with Crippen LogP contribution in [0.25, 0.3) is 11.4 Å². The molecule has 2 aromatic carbocycles. The van der Waals surface area contributed by atoms with Crippen molar-refractivity contribution in [1.29, 1.82) is 0 Å². The van der Waals surface area contributed by atoms with Crippen LogP contribution in [0.1, 0.15) is 0 Å². The van der Waals surface area contributed by atoms with Gasteiger partial charge >= 0.3 is 0 Å². The van der Waals surface area contributed by atoms with Crippen molar-refractivity contribution in [1.82, 2.24) is 14.9 Å². The summed E-state index contributed by atoms with van der Waals surface area (Å²) < 4.78 is 25.0. The van der Waals surface area contributed by atoms with E-state index < -0.39 is 5.82 Å². The number of amides is 1. The third kappa shape index (κ3) is 4.34. The quantitative estimate of drug-likeness (QED) is 0.461. The van der Waals surface area contributed by atoms with Crippen molar-refractivity contribution in [3.05, 3.63) is 48.3 Å². The number of anilines is 1. The summed E-state index contributed by atoms with van der Waals surface area (Å²) in [4.78, 5) is 12.1. The molecule has 0 radical (unpaired) electrons. The number of halogens is 1. The van der Waals surface area contributed by atoms with E-state index >= 15 is 0 Å². The van der Waals surface area contributed by atoms with Gasteiger partial charge in [-0.3, -0.25) is 4.79 Å². The van der Waals surface area contributed by atoms with Crippen LogP contribution < -0.4 is 20.6 Å². The average Bonchev–Trinajstić information content (AvgIpc) is 3.06. The maximum Gasteiger partial charge on any atom is 0.234 e. The van der Waals surface area contributed by atoms with Crippen molar-refractivity contribution in [3.63, 3.8) is 0 Å². The van der Waals surface area contributed by atoms with Crippen LogP contribution in [0.2, 0.25) is 0 Å². The summed E-state index contributed by atoms with van der Waals surface area (Å²) in [5, 5.41) is 11.1. The highest BCUT2D eigenvalue weighted by molar-refractivity contribution is 7.99. The number of methoxy groups -OCH3 is 2. The Morgan fingerprint density at radius 2 is 2.04 bits per heavy atom. The predicted octanol–water partition coefficient (Wildman–Crippen LogP) is 2.55. The molecule has 0 aliphatic carbocycles. The number of rotatable bonds is 7. The number of hydrogen-bond donors (Lipinski definition) is 2. The van der Waals surface area contributed by atoms with E-state index in [1.165, 1.54) is 30.0 Å². The van der Waals surface area contributed by atoms with Gasteiger partial charge < -0.3 is 20.6 Å². The summed E-state index contributed by atoms with van der Waals surface area (Å²) in [6, 6.07) is 10.9. The Labute approximate surface area is 164 Å². The topological polar surface area (TPSA) is 104 Å². The molecule has 0 aliphatic heterocycles. The summed E-state index contributed by atoms with van der Waals surface area (Å²) in [5.41, 5.74) is 1.01. The van der Waals surface area contributed by atoms with Gasteiger partial charge in [0, 0.05) is 11.8 Å². The smallest absolute Gasteiger partial charge is 0.234 e. The van der Waals surface area contributed by atoms with E-state index in [2.05, 4.69) is 15.5 Å². The van der Waals surface area contributed by atoms with Gasteiger partial charge in [-0.2, -0.15) is 0 Å². The molecule has 3 rings (SSSR count). The number of carbonyl (C=O) groups is 1. The molecule has 28 heavy (non-hydrogen) atoms. The maximum atomic E-state index is 13.2. The molecule has 3 aromatic rings. The molecule has 0 fully saturated rings. The number of hydrogen-bond acceptors (Lipinski definition) is 7. The Kier molecular flexibility index (Phi) is 5.99. The Bertz CT molecular complexity index is 995. The monoisotopic (exact) mass is 403 g/mol. The van der Waals surface area contributed by atoms with Gasteiger partial charge in [-0.15, -0.1) is 10.2 Å². The zero-order valence-electron chi connectivity index (χ0n) is 15.2. The number of nitrogens with two attached hydrogens (primary N) is 1. The van der Waals surface area contributed by atoms with E-state index in [-0.39, 0.29) is 11.7 Å². The molecule has 1 heterocycles. The summed E-state index contributed by atoms with van der Waals surface area (Å²) in [6.07, 6.45) is 0. The fourth-order valence-corrected chi connectivity index (χ4v) is 3.09. The summed E-state index contributed by atoms with van der Waals surface area (Å²) in [7, 11) is 3.09. The molecule has 0 bridgehead atoms. The minimum Gasteiger partial charge on any atom is -0.497 e. The lowest BCUT2D eigenvalue weighted by Gasteiger charge is -2.10. The number of ether oxygens (including phenoxy) is 2. The van der Waals surface area contributed by atoms with Crippen molar-refractivity contribution in [2.45, 2.75) is 5.16 Å². The van der Waals surface area contributed by atoms with Crippen LogP contribution in [0.4, 0.5) is 10.1 Å². The highest BCUT2D eigenvalue weighted by Gasteiger charge is 2.17. The van der Waals surface area contributed by atoms with Gasteiger partial charge in [-0.1, -0.05) is 17.8 Å². The van der Waals surface area contributed by atoms with E-state index in [0.29, 0.717) is 33.7 Å². The third-order valence-corrected chi connectivity index (χ3v) is 4.70. The highest BCUT2D eigenvalue weighted by atomic mass is 32.2. The van der Waals surface area contributed by atoms with Gasteiger partial charge in [0.25, 0.3) is 0 Å². The molecular weight excluding hydrogens is 385 g/mol. The van der Waals surface area contributed by atoms with E-state index in [4.69, 9.17) is 15.3 Å². The number of thioether (sulfide) groups is 1. The second-order valence-corrected chi connectivity index (χ2v) is 6.53. The van der Waals surface area contributed by atoms with Crippen LogP contribution >= 0.6 is 11.8 Å². The second-order valence-electron chi connectivity index (χ2n) is 5.59. The lowest BCUT2D eigenvalue weighted by atomic mass is 10.2. The lowest BCUT2D eigenvalue weighted by molar-refractivity contribution is -0.113. The first-order valence-electron chi connectivity index (χ1n) is 8.13. The van der Waals surface area contributed by atoms with Crippen molar-refractivity contribution in [2.75, 3.05) is 31.1 Å². The summed E-state index contributed by atoms with van der Waals surface area (Å²) >= 11 is 1.11. The van der Waals surface area contributed by atoms with Gasteiger partial charge in [0.2, 0.25) is 11.1 Å². The van der Waals surface area contributed by atoms with Crippen LogP contribution in [0.5, 0.6) is 11.5 Å². The van der Waals surface area contributed by atoms with E-state index in [1.807, 2.05) is 0 Å². The van der Waals surface area contributed by atoms with Crippen LogP contribution in [0.3, 0.4) is 0 Å². The normalized spacial score (nSPS) is 10.5. The Morgan fingerprint density at radius 3 is 2.75 bits per heavy atom. The first kappa shape index (κ1) is 19.5. The van der Waals surface area contributed by atoms with Crippen LogP contribution in [0.15, 0.2) is 47.6 Å². The molecule has 0 aliphatic rings. The second kappa shape index (κ2) is 8.61. The SMILES string of the molecule is COc1ccc(-c2nnc(SCC(=O)Nc3cccc(F)c3)n2N)c(OC)c1. The van der Waals surface area contributed by atoms with Gasteiger partial charge in [0.1, 0.15) is 17.3 Å². The molecular formula is C18H18FN5O3S. The standard InChI is InChI=1S/C18H18FN5O3S/c1-26-13-6-7-14(15(9-13)27-2)17-22-23-18(24(17)20)28-10-16(25)21-12-5-3-4-11(19)8-12/h3-9H,10,20H2,1-2H3,(H,21,25). The molecule has 1 amide bonds. The molecule has 0 spiro atoms. The van der Waals surface area contributed by atoms with Crippen molar-refractivity contribution < 1.29 is 18.7 Å². The van der Waals surface area contributed by atoms with Crippen LogP contribution in [-0.2, 0) is 4.79 Å². The molecule has 1 aromatic heterocycles. The fraction of sp³-hybridized carbons (Fsp3) is 0.167. The highest BCUT2D eigenvalue weighted by Crippen LogP contribution is 2.32. The molecule has 0 saturated carbocycles. The summed E-state index contributed by atoms with van der Waals surface area (Å²) in [6.45, 7) is 0. The average molecular weight is 403 g/mol. The van der Waals surface area contributed by atoms with Crippen molar-refractivity contribution in [3.8, 4) is 22.9 Å². The van der Waals surface area contributed by atoms with E-state index in [9.17, 15) is 9.18 Å². The Balaban J connectivity index is 1.70. The summed E-state index contributed by atoms with van der Waals surface area (Å²) in [5.74, 6) is 6.92. The number of aromatic nitrogens is 3. The molecule has 3 N–H and O–H groups in total. The number of benzene rings is 2. The van der Waals surface area contributed by atoms with Gasteiger partial charge in [0.05, 0.1) is 25.5 Å². The molecule has 8 nitrogen and oxygen atoms in total. The Hall–Kier alpha value is -3.27. The van der Waals surface area contributed by atoms with E-state index in [1.54, 1.807) is 31.4 Å². The van der Waals surface area contributed by atoms with Crippen molar-refractivity contribution in [2.24, 2.45) is 0 Å². The Morgan fingerprint density at radius 1 is 1.21 bits per heavy atom. The molecule has 0 unspecified atom stereocenters. The molecule has 10 heteroatoms. The van der Waals surface area contributed by atoms with Gasteiger partial charge in [-0.25, -0.2) is 9.07 Å². The number of nitrogens with zero attached hydrogens (tertiary/aromatic N) is 3. The number of nitrogen functional groups attached to an aromatic ring is 1. The fourth-order valence-electron chi connectivity index (χ4n) is 2.44. The predicted molar refractivity (Wildman–Crippen MR) is 104 cm³/mol. The zero-order valence-corrected chi connectivity index (χ0v) is 16.0. The molecule has 0 saturated heterocycles. The molecule has 146 valence electrons. The first-order valence-corrected chi connectivity index (χ1v) is 9.11. The van der Waals surface area contributed by atoms with E-state index in [0.717, 1.165) is 11.8 Å². The zero-order chi connectivity index (χ0) is 20.1.